The van der Waals surface area contributed by atoms with Crippen molar-refractivity contribution in [1.82, 2.24) is 5.32 Å². The van der Waals surface area contributed by atoms with E-state index >= 15 is 0 Å². The van der Waals surface area contributed by atoms with Crippen LogP contribution in [-0.4, -0.2) is 26.2 Å². The van der Waals surface area contributed by atoms with Gasteiger partial charge in [0.05, 0.1) is 5.69 Å². The molecule has 0 amide bonds. The Balaban J connectivity index is 1.81. The summed E-state index contributed by atoms with van der Waals surface area (Å²) in [5, 5.41) is 6.83. The highest BCUT2D eigenvalue weighted by atomic mass is 16.5. The molecule has 3 heteroatoms. The Morgan fingerprint density at radius 2 is 2.29 bits per heavy atom. The molecule has 3 nitrogen and oxygen atoms in total. The molecule has 1 aromatic rings. The van der Waals surface area contributed by atoms with E-state index in [2.05, 4.69) is 35.8 Å². The molecule has 2 N–H and O–H groups in total. The van der Waals surface area contributed by atoms with Crippen molar-refractivity contribution in [2.24, 2.45) is 0 Å². The van der Waals surface area contributed by atoms with Crippen LogP contribution in [0.2, 0.25) is 0 Å². The monoisotopic (exact) mass is 234 g/mol. The highest BCUT2D eigenvalue weighted by Gasteiger charge is 2.09. The van der Waals surface area contributed by atoms with E-state index in [1.807, 2.05) is 0 Å². The maximum absolute atomic E-state index is 5.56. The molecule has 0 radical (unpaired) electrons. The predicted molar refractivity (Wildman–Crippen MR) is 71.9 cm³/mol. The van der Waals surface area contributed by atoms with Crippen LogP contribution in [0.15, 0.2) is 18.2 Å². The quantitative estimate of drug-likeness (QED) is 0.742. The molecule has 17 heavy (non-hydrogen) atoms. The molecule has 1 aliphatic heterocycles. The minimum absolute atomic E-state index is 0.769. The number of unbranched alkanes of at least 4 members (excludes halogenated alkanes) is 1. The number of hydrogen-bond acceptors (Lipinski definition) is 3. The lowest BCUT2D eigenvalue weighted by Crippen LogP contribution is -2.19. The molecule has 1 aromatic carbocycles. The van der Waals surface area contributed by atoms with Crippen LogP contribution in [0.4, 0.5) is 5.69 Å². The van der Waals surface area contributed by atoms with Crippen LogP contribution in [0.5, 0.6) is 5.75 Å². The SMILES string of the molecule is CCCCNCCc1ccc2c(c1)NCCO2. The Morgan fingerprint density at radius 3 is 3.18 bits per heavy atom. The van der Waals surface area contributed by atoms with E-state index < -0.39 is 0 Å². The molecule has 0 aliphatic carbocycles. The Kier molecular flexibility index (Phi) is 4.68. The van der Waals surface area contributed by atoms with Gasteiger partial charge in [-0.2, -0.15) is 0 Å². The minimum atomic E-state index is 0.769. The summed E-state index contributed by atoms with van der Waals surface area (Å²) < 4.78 is 5.56. The maximum Gasteiger partial charge on any atom is 0.142 e. The van der Waals surface area contributed by atoms with Crippen LogP contribution in [0.3, 0.4) is 0 Å². The van der Waals surface area contributed by atoms with Crippen molar-refractivity contribution < 1.29 is 4.74 Å². The van der Waals surface area contributed by atoms with Crippen LogP contribution in [-0.2, 0) is 6.42 Å². The summed E-state index contributed by atoms with van der Waals surface area (Å²) >= 11 is 0. The van der Waals surface area contributed by atoms with Crippen LogP contribution in [0.1, 0.15) is 25.3 Å². The molecule has 0 aromatic heterocycles. The second-order valence-corrected chi connectivity index (χ2v) is 4.46. The Hall–Kier alpha value is -1.22. The third kappa shape index (κ3) is 3.63. The average Bonchev–Trinajstić information content (AvgIpc) is 2.38. The summed E-state index contributed by atoms with van der Waals surface area (Å²) in [5.41, 5.74) is 2.51. The number of nitrogens with one attached hydrogen (secondary N) is 2. The van der Waals surface area contributed by atoms with E-state index in [1.54, 1.807) is 0 Å². The zero-order chi connectivity index (χ0) is 11.9. The van der Waals surface area contributed by atoms with E-state index in [0.29, 0.717) is 0 Å². The van der Waals surface area contributed by atoms with Crippen LogP contribution in [0.25, 0.3) is 0 Å². The van der Waals surface area contributed by atoms with Gasteiger partial charge in [0.1, 0.15) is 12.4 Å². The molecule has 2 rings (SSSR count). The standard InChI is InChI=1S/C14H22N2O/c1-2-3-7-15-8-6-12-4-5-14-13(11-12)16-9-10-17-14/h4-5,11,15-16H,2-3,6-10H2,1H3. The van der Waals surface area contributed by atoms with E-state index in [0.717, 1.165) is 44.1 Å². The summed E-state index contributed by atoms with van der Waals surface area (Å²) in [5.74, 6) is 0.985. The van der Waals surface area contributed by atoms with Crippen LogP contribution < -0.4 is 15.4 Å². The van der Waals surface area contributed by atoms with Gasteiger partial charge >= 0.3 is 0 Å². The lowest BCUT2D eigenvalue weighted by molar-refractivity contribution is 0.323. The van der Waals surface area contributed by atoms with Gasteiger partial charge in [0.25, 0.3) is 0 Å². The summed E-state index contributed by atoms with van der Waals surface area (Å²) in [4.78, 5) is 0. The third-order valence-electron chi connectivity index (χ3n) is 3.02. The number of ether oxygens (including phenoxy) is 1. The minimum Gasteiger partial charge on any atom is -0.490 e. The van der Waals surface area contributed by atoms with Gasteiger partial charge in [0.15, 0.2) is 0 Å². The Labute approximate surface area is 104 Å². The lowest BCUT2D eigenvalue weighted by atomic mass is 10.1. The molecule has 0 unspecified atom stereocenters. The van der Waals surface area contributed by atoms with Crippen molar-refractivity contribution in [3.05, 3.63) is 23.8 Å². The Morgan fingerprint density at radius 1 is 1.35 bits per heavy atom. The average molecular weight is 234 g/mol. The van der Waals surface area contributed by atoms with Crippen molar-refractivity contribution in [1.29, 1.82) is 0 Å². The summed E-state index contributed by atoms with van der Waals surface area (Å²) in [6.45, 7) is 6.08. The van der Waals surface area contributed by atoms with Crippen molar-refractivity contribution in [3.8, 4) is 5.75 Å². The molecule has 0 spiro atoms. The fourth-order valence-electron chi connectivity index (χ4n) is 2.00. The van der Waals surface area contributed by atoms with E-state index in [1.165, 1.54) is 18.4 Å². The molecule has 0 saturated carbocycles. The zero-order valence-electron chi connectivity index (χ0n) is 10.6. The highest BCUT2D eigenvalue weighted by molar-refractivity contribution is 5.59. The molecule has 94 valence electrons. The number of rotatable bonds is 6. The van der Waals surface area contributed by atoms with Gasteiger partial charge in [-0.3, -0.25) is 0 Å². The smallest absolute Gasteiger partial charge is 0.142 e. The number of fused-ring (bicyclic) bond motifs is 1. The number of benzene rings is 1. The molecular formula is C14H22N2O. The third-order valence-corrected chi connectivity index (χ3v) is 3.02. The second-order valence-electron chi connectivity index (χ2n) is 4.46. The van der Waals surface area contributed by atoms with Crippen molar-refractivity contribution in [3.63, 3.8) is 0 Å². The van der Waals surface area contributed by atoms with Crippen molar-refractivity contribution in [2.75, 3.05) is 31.6 Å². The number of anilines is 1. The lowest BCUT2D eigenvalue weighted by Gasteiger charge is -2.19. The summed E-state index contributed by atoms with van der Waals surface area (Å²) in [7, 11) is 0. The molecule has 0 bridgehead atoms. The van der Waals surface area contributed by atoms with Crippen molar-refractivity contribution >= 4 is 5.69 Å². The van der Waals surface area contributed by atoms with E-state index in [9.17, 15) is 0 Å². The first-order valence-electron chi connectivity index (χ1n) is 6.60. The van der Waals surface area contributed by atoms with Crippen molar-refractivity contribution in [2.45, 2.75) is 26.2 Å². The van der Waals surface area contributed by atoms with Gasteiger partial charge in [0, 0.05) is 6.54 Å². The van der Waals surface area contributed by atoms with Crippen LogP contribution >= 0.6 is 0 Å². The number of hydrogen-bond donors (Lipinski definition) is 2. The second kappa shape index (κ2) is 6.50. The topological polar surface area (TPSA) is 33.3 Å². The fraction of sp³-hybridized carbons (Fsp3) is 0.571. The largest absolute Gasteiger partial charge is 0.490 e. The molecular weight excluding hydrogens is 212 g/mol. The van der Waals surface area contributed by atoms with E-state index in [-0.39, 0.29) is 0 Å². The first-order chi connectivity index (χ1) is 8.40. The normalized spacial score (nSPS) is 13.7. The van der Waals surface area contributed by atoms with Crippen LogP contribution in [0, 0.1) is 0 Å². The molecule has 0 atom stereocenters. The first kappa shape index (κ1) is 12.2. The molecule has 1 aliphatic rings. The molecule has 0 fully saturated rings. The first-order valence-corrected chi connectivity index (χ1v) is 6.60. The zero-order valence-corrected chi connectivity index (χ0v) is 10.6. The van der Waals surface area contributed by atoms with Gasteiger partial charge in [-0.15, -0.1) is 0 Å². The maximum atomic E-state index is 5.56. The summed E-state index contributed by atoms with van der Waals surface area (Å²) in [6, 6.07) is 6.44. The molecule has 1 heterocycles. The van der Waals surface area contributed by atoms with Gasteiger partial charge in [-0.05, 0) is 43.6 Å². The Bertz CT molecular complexity index is 352. The van der Waals surface area contributed by atoms with Gasteiger partial charge in [0.2, 0.25) is 0 Å². The van der Waals surface area contributed by atoms with E-state index in [4.69, 9.17) is 4.74 Å². The van der Waals surface area contributed by atoms with Gasteiger partial charge in [-0.1, -0.05) is 19.4 Å². The van der Waals surface area contributed by atoms with Gasteiger partial charge < -0.3 is 15.4 Å². The molecule has 0 saturated heterocycles. The summed E-state index contributed by atoms with van der Waals surface area (Å²) in [6.07, 6.45) is 3.60. The van der Waals surface area contributed by atoms with Gasteiger partial charge in [-0.25, -0.2) is 0 Å². The fourth-order valence-corrected chi connectivity index (χ4v) is 2.00. The predicted octanol–water partition coefficient (Wildman–Crippen LogP) is 2.42. The highest BCUT2D eigenvalue weighted by Crippen LogP contribution is 2.27.